The summed E-state index contributed by atoms with van der Waals surface area (Å²) >= 11 is 0. The van der Waals surface area contributed by atoms with Gasteiger partial charge in [-0.15, -0.1) is 0 Å². The third-order valence-electron chi connectivity index (χ3n) is 4.59. The maximum atomic E-state index is 12.8. The Labute approximate surface area is 155 Å². The summed E-state index contributed by atoms with van der Waals surface area (Å²) in [6.45, 7) is 2.18. The van der Waals surface area contributed by atoms with E-state index in [1.165, 1.54) is 12.1 Å². The normalized spacial score (nSPS) is 17.7. The molecule has 1 saturated heterocycles. The van der Waals surface area contributed by atoms with Gasteiger partial charge in [-0.25, -0.2) is 0 Å². The first-order chi connectivity index (χ1) is 12.8. The molecule has 1 aliphatic rings. The second-order valence-electron chi connectivity index (χ2n) is 6.61. The highest BCUT2D eigenvalue weighted by atomic mass is 19.4. The summed E-state index contributed by atoms with van der Waals surface area (Å²) in [6.07, 6.45) is -3.58. The Balaban J connectivity index is 1.65. The minimum absolute atomic E-state index is 0.000425. The van der Waals surface area contributed by atoms with Gasteiger partial charge in [-0.2, -0.15) is 13.2 Å². The fraction of sp³-hybridized carbons (Fsp3) is 0.350. The van der Waals surface area contributed by atoms with Crippen LogP contribution in [0.15, 0.2) is 48.5 Å². The molecule has 144 valence electrons. The van der Waals surface area contributed by atoms with Crippen LogP contribution in [0.4, 0.5) is 13.2 Å². The van der Waals surface area contributed by atoms with Crippen LogP contribution in [-0.2, 0) is 17.5 Å². The molecule has 0 aromatic heterocycles. The van der Waals surface area contributed by atoms with Crippen LogP contribution in [0.2, 0.25) is 0 Å². The van der Waals surface area contributed by atoms with Gasteiger partial charge in [-0.1, -0.05) is 18.2 Å². The monoisotopic (exact) mass is 378 g/mol. The number of halogens is 3. The van der Waals surface area contributed by atoms with E-state index >= 15 is 0 Å². The van der Waals surface area contributed by atoms with E-state index in [2.05, 4.69) is 10.2 Å². The summed E-state index contributed by atoms with van der Waals surface area (Å²) in [5, 5.41) is 2.68. The highest BCUT2D eigenvalue weighted by Crippen LogP contribution is 2.33. The molecule has 2 aromatic carbocycles. The van der Waals surface area contributed by atoms with Crippen molar-refractivity contribution in [3.8, 4) is 11.5 Å². The molecule has 1 aliphatic heterocycles. The lowest BCUT2D eigenvalue weighted by Gasteiger charge is -2.16. The number of carbonyl (C=O) groups excluding carboxylic acids is 1. The summed E-state index contributed by atoms with van der Waals surface area (Å²) < 4.78 is 44.1. The van der Waals surface area contributed by atoms with Crippen LogP contribution in [0.25, 0.3) is 0 Å². The first-order valence-corrected chi connectivity index (χ1v) is 8.73. The Morgan fingerprint density at radius 3 is 2.59 bits per heavy atom. The molecule has 0 radical (unpaired) electrons. The molecule has 0 saturated carbocycles. The van der Waals surface area contributed by atoms with Crippen molar-refractivity contribution >= 4 is 5.91 Å². The number of likely N-dealkylation sites (tertiary alicyclic amines) is 1. The molecule has 1 heterocycles. The van der Waals surface area contributed by atoms with E-state index in [0.29, 0.717) is 18.8 Å². The lowest BCUT2D eigenvalue weighted by molar-refractivity contribution is -0.137. The third kappa shape index (κ3) is 5.01. The molecule has 1 N–H and O–H groups in total. The van der Waals surface area contributed by atoms with Crippen LogP contribution in [0, 0.1) is 5.92 Å². The molecular weight excluding hydrogens is 357 g/mol. The number of rotatable bonds is 5. The van der Waals surface area contributed by atoms with Gasteiger partial charge in [0.1, 0.15) is 11.5 Å². The van der Waals surface area contributed by atoms with Crippen LogP contribution < -0.4 is 10.1 Å². The van der Waals surface area contributed by atoms with Crippen LogP contribution in [0.1, 0.15) is 17.5 Å². The summed E-state index contributed by atoms with van der Waals surface area (Å²) in [5.41, 5.74) is 0.241. The Morgan fingerprint density at radius 2 is 1.89 bits per heavy atom. The van der Waals surface area contributed by atoms with Crippen molar-refractivity contribution in [1.29, 1.82) is 0 Å². The van der Waals surface area contributed by atoms with E-state index < -0.39 is 11.7 Å². The van der Waals surface area contributed by atoms with Crippen LogP contribution in [0.3, 0.4) is 0 Å². The van der Waals surface area contributed by atoms with Gasteiger partial charge in [0.05, 0.1) is 11.5 Å². The molecule has 1 atom stereocenters. The summed E-state index contributed by atoms with van der Waals surface area (Å²) in [5.74, 6) is 0.676. The number of hydrogen-bond donors (Lipinski definition) is 1. The predicted molar refractivity (Wildman–Crippen MR) is 95.4 cm³/mol. The topological polar surface area (TPSA) is 41.6 Å². The number of hydrogen-bond acceptors (Lipinski definition) is 3. The highest BCUT2D eigenvalue weighted by Gasteiger charge is 2.30. The maximum Gasteiger partial charge on any atom is 0.416 e. The first kappa shape index (κ1) is 19.2. The Hall–Kier alpha value is -2.54. The Bertz CT molecular complexity index is 808. The minimum Gasteiger partial charge on any atom is -0.457 e. The lowest BCUT2D eigenvalue weighted by atomic mass is 10.1. The van der Waals surface area contributed by atoms with Gasteiger partial charge < -0.3 is 10.1 Å². The fourth-order valence-electron chi connectivity index (χ4n) is 3.23. The van der Waals surface area contributed by atoms with E-state index in [9.17, 15) is 18.0 Å². The van der Waals surface area contributed by atoms with E-state index in [4.69, 9.17) is 4.74 Å². The number of carbonyl (C=O) groups is 1. The van der Waals surface area contributed by atoms with E-state index in [1.54, 1.807) is 13.1 Å². The molecule has 1 fully saturated rings. The second kappa shape index (κ2) is 8.00. The van der Waals surface area contributed by atoms with Crippen molar-refractivity contribution in [1.82, 2.24) is 10.2 Å². The largest absolute Gasteiger partial charge is 0.457 e. The second-order valence-corrected chi connectivity index (χ2v) is 6.61. The smallest absolute Gasteiger partial charge is 0.416 e. The van der Waals surface area contributed by atoms with Gasteiger partial charge in [0.25, 0.3) is 0 Å². The predicted octanol–water partition coefficient (Wildman–Crippen LogP) is 4.07. The van der Waals surface area contributed by atoms with Gasteiger partial charge in [0, 0.05) is 20.1 Å². The SMILES string of the molecule is CNC(=O)[C@H]1CCN(Cc2cccc(Oc3cccc(C(F)(F)F)c3)c2)C1. The zero-order chi connectivity index (χ0) is 19.4. The Morgan fingerprint density at radius 1 is 1.19 bits per heavy atom. The van der Waals surface area contributed by atoms with Crippen molar-refractivity contribution in [2.75, 3.05) is 20.1 Å². The van der Waals surface area contributed by atoms with Crippen molar-refractivity contribution in [3.63, 3.8) is 0 Å². The molecule has 0 bridgehead atoms. The van der Waals surface area contributed by atoms with Crippen molar-refractivity contribution in [2.45, 2.75) is 19.1 Å². The molecular formula is C20H21F3N2O2. The molecule has 7 heteroatoms. The molecule has 27 heavy (non-hydrogen) atoms. The molecule has 3 rings (SSSR count). The van der Waals surface area contributed by atoms with Crippen LogP contribution in [-0.4, -0.2) is 30.9 Å². The van der Waals surface area contributed by atoms with Crippen molar-refractivity contribution in [3.05, 3.63) is 59.7 Å². The third-order valence-corrected chi connectivity index (χ3v) is 4.59. The number of alkyl halides is 3. The Kier molecular flexibility index (Phi) is 5.70. The number of benzene rings is 2. The quantitative estimate of drug-likeness (QED) is 0.853. The van der Waals surface area contributed by atoms with Gasteiger partial charge in [0.15, 0.2) is 0 Å². The number of nitrogens with zero attached hydrogens (tertiary/aromatic N) is 1. The van der Waals surface area contributed by atoms with Crippen LogP contribution >= 0.6 is 0 Å². The number of amides is 1. The zero-order valence-corrected chi connectivity index (χ0v) is 14.9. The van der Waals surface area contributed by atoms with Gasteiger partial charge in [-0.05, 0) is 48.9 Å². The zero-order valence-electron chi connectivity index (χ0n) is 14.9. The number of ether oxygens (including phenoxy) is 1. The maximum absolute atomic E-state index is 12.8. The molecule has 1 amide bonds. The molecule has 0 unspecified atom stereocenters. The molecule has 2 aromatic rings. The van der Waals surface area contributed by atoms with Crippen LogP contribution in [0.5, 0.6) is 11.5 Å². The molecule has 4 nitrogen and oxygen atoms in total. The van der Waals surface area contributed by atoms with Gasteiger partial charge in [-0.3, -0.25) is 9.69 Å². The minimum atomic E-state index is -4.40. The van der Waals surface area contributed by atoms with Crippen molar-refractivity contribution < 1.29 is 22.7 Å². The van der Waals surface area contributed by atoms with Gasteiger partial charge in [0.2, 0.25) is 5.91 Å². The summed E-state index contributed by atoms with van der Waals surface area (Å²) in [7, 11) is 1.64. The van der Waals surface area contributed by atoms with E-state index in [-0.39, 0.29) is 17.6 Å². The summed E-state index contributed by atoms with van der Waals surface area (Å²) in [4.78, 5) is 13.9. The van der Waals surface area contributed by atoms with Gasteiger partial charge >= 0.3 is 6.18 Å². The average Bonchev–Trinajstić information content (AvgIpc) is 3.09. The summed E-state index contributed by atoms with van der Waals surface area (Å²) in [6, 6.07) is 12.1. The average molecular weight is 378 g/mol. The highest BCUT2D eigenvalue weighted by molar-refractivity contribution is 5.78. The first-order valence-electron chi connectivity index (χ1n) is 8.73. The lowest BCUT2D eigenvalue weighted by Crippen LogP contribution is -2.30. The molecule has 0 spiro atoms. The van der Waals surface area contributed by atoms with E-state index in [0.717, 1.165) is 30.7 Å². The molecule has 0 aliphatic carbocycles. The van der Waals surface area contributed by atoms with E-state index in [1.807, 2.05) is 18.2 Å². The standard InChI is InChI=1S/C20H21F3N2O2/c1-24-19(26)15-8-9-25(13-15)12-14-4-2-6-17(10-14)27-18-7-3-5-16(11-18)20(21,22)23/h2-7,10-11,15H,8-9,12-13H2,1H3,(H,24,26)/t15-/m0/s1. The number of nitrogens with one attached hydrogen (secondary N) is 1. The fourth-order valence-corrected chi connectivity index (χ4v) is 3.23. The van der Waals surface area contributed by atoms with Crippen molar-refractivity contribution in [2.24, 2.45) is 5.92 Å².